The second kappa shape index (κ2) is 3.92. The van der Waals surface area contributed by atoms with E-state index in [0.717, 1.165) is 30.5 Å². The minimum Gasteiger partial charge on any atom is -0.478 e. The van der Waals surface area contributed by atoms with Crippen molar-refractivity contribution in [2.45, 2.75) is 19.3 Å². The Morgan fingerprint density at radius 3 is 2.81 bits per heavy atom. The van der Waals surface area contributed by atoms with E-state index in [4.69, 9.17) is 5.11 Å². The smallest absolute Gasteiger partial charge is 0.357 e. The molecule has 0 saturated heterocycles. The molecule has 5 heteroatoms. The number of carbonyl (C=O) groups excluding carboxylic acids is 1. The Labute approximate surface area is 92.1 Å². The number of methoxy groups -OCH3 is 1. The van der Waals surface area contributed by atoms with Crippen molar-refractivity contribution in [2.75, 3.05) is 7.11 Å². The third-order valence-electron chi connectivity index (χ3n) is 2.66. The van der Waals surface area contributed by atoms with Crippen molar-refractivity contribution < 1.29 is 19.4 Å². The Kier molecular flexibility index (Phi) is 2.60. The molecule has 1 aliphatic rings. The maximum atomic E-state index is 11.4. The number of ether oxygens (including phenoxy) is 1. The van der Waals surface area contributed by atoms with Crippen molar-refractivity contribution in [1.29, 1.82) is 0 Å². The predicted molar refractivity (Wildman–Crippen MR) is 54.6 cm³/mol. The number of aromatic carboxylic acids is 1. The third-order valence-corrected chi connectivity index (χ3v) is 2.66. The number of hydrogen-bond acceptors (Lipinski definition) is 4. The van der Waals surface area contributed by atoms with Gasteiger partial charge in [0.05, 0.1) is 12.7 Å². The third kappa shape index (κ3) is 1.64. The highest BCUT2D eigenvalue weighted by atomic mass is 16.5. The van der Waals surface area contributed by atoms with Crippen molar-refractivity contribution in [1.82, 2.24) is 4.98 Å². The van der Waals surface area contributed by atoms with E-state index in [2.05, 4.69) is 9.72 Å². The summed E-state index contributed by atoms with van der Waals surface area (Å²) in [7, 11) is 1.21. The molecule has 1 aromatic rings. The SMILES string of the molecule is COC(=O)c1nc2c(cc1C(=O)O)CCC2. The monoisotopic (exact) mass is 221 g/mol. The summed E-state index contributed by atoms with van der Waals surface area (Å²) < 4.78 is 4.52. The molecule has 2 rings (SSSR count). The van der Waals surface area contributed by atoms with E-state index in [-0.39, 0.29) is 11.3 Å². The molecule has 0 bridgehead atoms. The first-order chi connectivity index (χ1) is 7.63. The molecule has 0 fully saturated rings. The van der Waals surface area contributed by atoms with E-state index in [9.17, 15) is 9.59 Å². The largest absolute Gasteiger partial charge is 0.478 e. The maximum Gasteiger partial charge on any atom is 0.357 e. The first kappa shape index (κ1) is 10.6. The molecule has 16 heavy (non-hydrogen) atoms. The quantitative estimate of drug-likeness (QED) is 0.755. The summed E-state index contributed by atoms with van der Waals surface area (Å²) in [6, 6.07) is 1.53. The normalized spacial score (nSPS) is 13.3. The minimum atomic E-state index is -1.15. The zero-order valence-electron chi connectivity index (χ0n) is 8.82. The molecule has 0 saturated carbocycles. The Hall–Kier alpha value is -1.91. The van der Waals surface area contributed by atoms with E-state index in [1.54, 1.807) is 0 Å². The van der Waals surface area contributed by atoms with Crippen LogP contribution in [0.5, 0.6) is 0 Å². The van der Waals surface area contributed by atoms with Crippen LogP contribution < -0.4 is 0 Å². The molecule has 1 heterocycles. The van der Waals surface area contributed by atoms with Gasteiger partial charge in [0.2, 0.25) is 0 Å². The number of esters is 1. The number of nitrogens with zero attached hydrogens (tertiary/aromatic N) is 1. The fourth-order valence-corrected chi connectivity index (χ4v) is 1.89. The van der Waals surface area contributed by atoms with Crippen molar-refractivity contribution in [3.63, 3.8) is 0 Å². The van der Waals surface area contributed by atoms with Gasteiger partial charge in [-0.15, -0.1) is 0 Å². The van der Waals surface area contributed by atoms with Gasteiger partial charge in [-0.25, -0.2) is 14.6 Å². The van der Waals surface area contributed by atoms with Crippen LogP contribution in [-0.2, 0) is 17.6 Å². The number of carboxylic acids is 1. The average molecular weight is 221 g/mol. The Bertz CT molecular complexity index is 467. The standard InChI is InChI=1S/C11H11NO4/c1-16-11(15)9-7(10(13)14)5-6-3-2-4-8(6)12-9/h5H,2-4H2,1H3,(H,13,14). The topological polar surface area (TPSA) is 76.5 Å². The van der Waals surface area contributed by atoms with E-state index >= 15 is 0 Å². The summed E-state index contributed by atoms with van der Waals surface area (Å²) in [5.74, 6) is -1.85. The zero-order chi connectivity index (χ0) is 11.7. The van der Waals surface area contributed by atoms with E-state index in [1.807, 2.05) is 0 Å². The molecular weight excluding hydrogens is 210 g/mol. The van der Waals surface area contributed by atoms with Crippen LogP contribution in [0.2, 0.25) is 0 Å². The number of aryl methyl sites for hydroxylation is 2. The van der Waals surface area contributed by atoms with Gasteiger partial charge in [-0.05, 0) is 30.9 Å². The summed E-state index contributed by atoms with van der Waals surface area (Å²) in [5, 5.41) is 8.99. The molecule has 0 amide bonds. The molecule has 84 valence electrons. The van der Waals surface area contributed by atoms with Gasteiger partial charge in [0.25, 0.3) is 0 Å². The number of rotatable bonds is 2. The van der Waals surface area contributed by atoms with Crippen molar-refractivity contribution >= 4 is 11.9 Å². The second-order valence-corrected chi connectivity index (χ2v) is 3.64. The van der Waals surface area contributed by atoms with Crippen molar-refractivity contribution in [2.24, 2.45) is 0 Å². The van der Waals surface area contributed by atoms with Gasteiger partial charge in [0, 0.05) is 5.69 Å². The Morgan fingerprint density at radius 1 is 1.44 bits per heavy atom. The van der Waals surface area contributed by atoms with Crippen LogP contribution in [0.1, 0.15) is 38.5 Å². The van der Waals surface area contributed by atoms with Gasteiger partial charge in [-0.1, -0.05) is 0 Å². The van der Waals surface area contributed by atoms with Crippen LogP contribution in [0.3, 0.4) is 0 Å². The molecule has 0 unspecified atom stereocenters. The number of pyridine rings is 1. The number of carboxylic acid groups (broad SMARTS) is 1. The van der Waals surface area contributed by atoms with Crippen LogP contribution in [-0.4, -0.2) is 29.1 Å². The van der Waals surface area contributed by atoms with Gasteiger partial charge < -0.3 is 9.84 Å². The van der Waals surface area contributed by atoms with Crippen LogP contribution in [0, 0.1) is 0 Å². The molecule has 0 radical (unpaired) electrons. The highest BCUT2D eigenvalue weighted by Gasteiger charge is 2.24. The van der Waals surface area contributed by atoms with Crippen molar-refractivity contribution in [3.8, 4) is 0 Å². The summed E-state index contributed by atoms with van der Waals surface area (Å²) in [6.45, 7) is 0. The van der Waals surface area contributed by atoms with E-state index in [1.165, 1.54) is 13.2 Å². The van der Waals surface area contributed by atoms with Gasteiger partial charge >= 0.3 is 11.9 Å². The van der Waals surface area contributed by atoms with Crippen LogP contribution in [0.15, 0.2) is 6.07 Å². The molecular formula is C11H11NO4. The summed E-state index contributed by atoms with van der Waals surface area (Å²) in [4.78, 5) is 26.5. The van der Waals surface area contributed by atoms with Gasteiger partial charge in [-0.2, -0.15) is 0 Å². The number of carbonyl (C=O) groups is 2. The average Bonchev–Trinajstić information content (AvgIpc) is 2.73. The fraction of sp³-hybridized carbons (Fsp3) is 0.364. The summed E-state index contributed by atoms with van der Waals surface area (Å²) in [6.07, 6.45) is 2.56. The van der Waals surface area contributed by atoms with Crippen molar-refractivity contribution in [3.05, 3.63) is 28.6 Å². The summed E-state index contributed by atoms with van der Waals surface area (Å²) >= 11 is 0. The highest BCUT2D eigenvalue weighted by Crippen LogP contribution is 2.23. The molecule has 0 spiro atoms. The first-order valence-corrected chi connectivity index (χ1v) is 4.98. The predicted octanol–water partition coefficient (Wildman–Crippen LogP) is 1.06. The minimum absolute atomic E-state index is 0.0764. The van der Waals surface area contributed by atoms with Crippen LogP contribution >= 0.6 is 0 Å². The van der Waals surface area contributed by atoms with Gasteiger partial charge in [0.1, 0.15) is 0 Å². The van der Waals surface area contributed by atoms with E-state index in [0.29, 0.717) is 0 Å². The lowest BCUT2D eigenvalue weighted by molar-refractivity contribution is 0.0575. The Balaban J connectivity index is 2.57. The first-order valence-electron chi connectivity index (χ1n) is 4.98. The molecule has 0 aromatic carbocycles. The number of fused-ring (bicyclic) bond motifs is 1. The van der Waals surface area contributed by atoms with Gasteiger partial charge in [-0.3, -0.25) is 0 Å². The summed E-state index contributed by atoms with van der Waals surface area (Å²) in [5.41, 5.74) is 1.55. The van der Waals surface area contributed by atoms with Crippen LogP contribution in [0.4, 0.5) is 0 Å². The van der Waals surface area contributed by atoms with Gasteiger partial charge in [0.15, 0.2) is 5.69 Å². The molecule has 5 nitrogen and oxygen atoms in total. The molecule has 1 aliphatic carbocycles. The van der Waals surface area contributed by atoms with Crippen LogP contribution in [0.25, 0.3) is 0 Å². The lowest BCUT2D eigenvalue weighted by atomic mass is 10.1. The molecule has 1 aromatic heterocycles. The Morgan fingerprint density at radius 2 is 2.19 bits per heavy atom. The number of hydrogen-bond donors (Lipinski definition) is 1. The second-order valence-electron chi connectivity index (χ2n) is 3.64. The number of aromatic nitrogens is 1. The highest BCUT2D eigenvalue weighted by molar-refractivity contribution is 6.01. The zero-order valence-corrected chi connectivity index (χ0v) is 8.82. The lowest BCUT2D eigenvalue weighted by Gasteiger charge is -2.06. The molecule has 0 atom stereocenters. The molecule has 1 N–H and O–H groups in total. The maximum absolute atomic E-state index is 11.4. The van der Waals surface area contributed by atoms with E-state index < -0.39 is 11.9 Å². The fourth-order valence-electron chi connectivity index (χ4n) is 1.89. The molecule has 0 aliphatic heterocycles. The lowest BCUT2D eigenvalue weighted by Crippen LogP contribution is -2.14.